The van der Waals surface area contributed by atoms with Gasteiger partial charge in [0.2, 0.25) is 0 Å². The van der Waals surface area contributed by atoms with E-state index in [2.05, 4.69) is 33.0 Å². The van der Waals surface area contributed by atoms with E-state index in [1.165, 1.54) is 31.6 Å². The summed E-state index contributed by atoms with van der Waals surface area (Å²) in [5.74, 6) is 2.79. The van der Waals surface area contributed by atoms with Gasteiger partial charge in [-0.15, -0.1) is 0 Å². The number of hydrogen-bond acceptors (Lipinski definition) is 4. The number of hydrogen-bond donors (Lipinski definition) is 0. The van der Waals surface area contributed by atoms with Gasteiger partial charge in [-0.25, -0.2) is 4.98 Å². The van der Waals surface area contributed by atoms with Crippen molar-refractivity contribution in [1.82, 2.24) is 19.6 Å². The van der Waals surface area contributed by atoms with Crippen molar-refractivity contribution in [3.05, 3.63) is 18.1 Å². The number of aryl methyl sites for hydroxylation is 1. The summed E-state index contributed by atoms with van der Waals surface area (Å²) >= 11 is 0. The summed E-state index contributed by atoms with van der Waals surface area (Å²) < 4.78 is 1.89. The van der Waals surface area contributed by atoms with Crippen LogP contribution in [0.2, 0.25) is 0 Å². The molecule has 1 aliphatic heterocycles. The molecule has 2 aliphatic rings. The van der Waals surface area contributed by atoms with Gasteiger partial charge in [-0.1, -0.05) is 6.92 Å². The van der Waals surface area contributed by atoms with E-state index < -0.39 is 0 Å². The largest absolute Gasteiger partial charge is 0.353 e. The molecule has 1 saturated heterocycles. The average Bonchev–Trinajstić information content (AvgIpc) is 3.12. The molecule has 4 rings (SSSR count). The van der Waals surface area contributed by atoms with Gasteiger partial charge < -0.3 is 4.90 Å². The monoisotopic (exact) mass is 243 g/mol. The van der Waals surface area contributed by atoms with Crippen LogP contribution in [-0.2, 0) is 6.42 Å². The van der Waals surface area contributed by atoms with Crippen LogP contribution in [0.15, 0.2) is 12.4 Å². The molecule has 1 saturated carbocycles. The van der Waals surface area contributed by atoms with Gasteiger partial charge in [0, 0.05) is 24.3 Å². The summed E-state index contributed by atoms with van der Waals surface area (Å²) in [7, 11) is 0. The minimum atomic E-state index is 0.703. The zero-order valence-electron chi connectivity index (χ0n) is 10.6. The molecule has 1 aliphatic carbocycles. The molecule has 94 valence electrons. The van der Waals surface area contributed by atoms with E-state index in [4.69, 9.17) is 0 Å². The summed E-state index contributed by atoms with van der Waals surface area (Å²) in [6.07, 6.45) is 6.61. The predicted octanol–water partition coefficient (Wildman–Crippen LogP) is 1.68. The zero-order chi connectivity index (χ0) is 12.1. The third kappa shape index (κ3) is 1.36. The highest BCUT2D eigenvalue weighted by Crippen LogP contribution is 2.40. The summed E-state index contributed by atoms with van der Waals surface area (Å²) in [4.78, 5) is 11.3. The highest BCUT2D eigenvalue weighted by Gasteiger charge is 2.38. The van der Waals surface area contributed by atoms with Gasteiger partial charge in [-0.3, -0.25) is 0 Å². The molecule has 2 aromatic rings. The van der Waals surface area contributed by atoms with Crippen molar-refractivity contribution in [3.8, 4) is 0 Å². The van der Waals surface area contributed by atoms with Gasteiger partial charge in [0.1, 0.15) is 12.1 Å². The highest BCUT2D eigenvalue weighted by molar-refractivity contribution is 5.49. The van der Waals surface area contributed by atoms with Gasteiger partial charge >= 0.3 is 0 Å². The van der Waals surface area contributed by atoms with Crippen molar-refractivity contribution in [3.63, 3.8) is 0 Å². The highest BCUT2D eigenvalue weighted by atomic mass is 15.4. The first-order valence-electron chi connectivity index (χ1n) is 6.81. The maximum absolute atomic E-state index is 4.51. The number of nitrogens with zero attached hydrogens (tertiary/aromatic N) is 5. The summed E-state index contributed by atoms with van der Waals surface area (Å²) in [5, 5.41) is 4.32. The minimum Gasteiger partial charge on any atom is -0.353 e. The maximum Gasteiger partial charge on any atom is 0.254 e. The van der Waals surface area contributed by atoms with Gasteiger partial charge in [0.15, 0.2) is 0 Å². The Labute approximate surface area is 106 Å². The van der Waals surface area contributed by atoms with Crippen LogP contribution in [0.4, 0.5) is 5.82 Å². The maximum atomic E-state index is 4.51. The van der Waals surface area contributed by atoms with Crippen LogP contribution in [0.25, 0.3) is 5.78 Å². The Morgan fingerprint density at radius 2 is 2.33 bits per heavy atom. The number of rotatable bonds is 2. The number of anilines is 1. The molecule has 0 spiro atoms. The average molecular weight is 243 g/mol. The first-order chi connectivity index (χ1) is 8.85. The molecule has 2 aromatic heterocycles. The van der Waals surface area contributed by atoms with Gasteiger partial charge in [0.25, 0.3) is 5.78 Å². The summed E-state index contributed by atoms with van der Waals surface area (Å²) in [5.41, 5.74) is 1.10. The molecule has 0 aromatic carbocycles. The van der Waals surface area contributed by atoms with Gasteiger partial charge in [-0.05, 0) is 31.6 Å². The smallest absolute Gasteiger partial charge is 0.254 e. The molecule has 18 heavy (non-hydrogen) atoms. The lowest BCUT2D eigenvalue weighted by molar-refractivity contribution is 0.546. The fourth-order valence-corrected chi connectivity index (χ4v) is 3.44. The van der Waals surface area contributed by atoms with Crippen molar-refractivity contribution in [2.75, 3.05) is 11.4 Å². The Kier molecular flexibility index (Phi) is 2.10. The molecule has 3 heterocycles. The Hall–Kier alpha value is -1.65. The van der Waals surface area contributed by atoms with E-state index in [9.17, 15) is 0 Å². The molecule has 5 nitrogen and oxygen atoms in total. The lowest BCUT2D eigenvalue weighted by Crippen LogP contribution is -2.33. The summed E-state index contributed by atoms with van der Waals surface area (Å²) in [6, 6.07) is 2.89. The molecule has 0 radical (unpaired) electrons. The van der Waals surface area contributed by atoms with Gasteiger partial charge in [0.05, 0.1) is 0 Å². The van der Waals surface area contributed by atoms with Crippen molar-refractivity contribution < 1.29 is 0 Å². The van der Waals surface area contributed by atoms with Crippen LogP contribution < -0.4 is 4.90 Å². The fraction of sp³-hybridized carbons (Fsp3) is 0.615. The molecule has 2 atom stereocenters. The second kappa shape index (κ2) is 3.67. The number of piperidine rings is 1. The first-order valence-corrected chi connectivity index (χ1v) is 6.81. The molecule has 5 heteroatoms. The van der Waals surface area contributed by atoms with Crippen LogP contribution >= 0.6 is 0 Å². The third-order valence-electron chi connectivity index (χ3n) is 4.35. The molecular weight excluding hydrogens is 226 g/mol. The van der Waals surface area contributed by atoms with E-state index in [1.807, 2.05) is 4.52 Å². The number of fused-ring (bicyclic) bond motifs is 3. The second-order valence-electron chi connectivity index (χ2n) is 5.42. The topological polar surface area (TPSA) is 46.3 Å². The second-order valence-corrected chi connectivity index (χ2v) is 5.42. The lowest BCUT2D eigenvalue weighted by atomic mass is 10.1. The van der Waals surface area contributed by atoms with E-state index >= 15 is 0 Å². The van der Waals surface area contributed by atoms with Crippen LogP contribution in [-0.4, -0.2) is 32.2 Å². The number of aromatic nitrogens is 4. The molecule has 0 amide bonds. The van der Waals surface area contributed by atoms with Crippen LogP contribution in [0, 0.1) is 5.92 Å². The Bertz CT molecular complexity index is 590. The van der Waals surface area contributed by atoms with Crippen LogP contribution in [0.3, 0.4) is 0 Å². The fourth-order valence-electron chi connectivity index (χ4n) is 3.44. The predicted molar refractivity (Wildman–Crippen MR) is 68.6 cm³/mol. The molecule has 0 N–H and O–H groups in total. The van der Waals surface area contributed by atoms with Gasteiger partial charge in [-0.2, -0.15) is 14.6 Å². The van der Waals surface area contributed by atoms with E-state index in [0.29, 0.717) is 6.04 Å². The van der Waals surface area contributed by atoms with E-state index in [-0.39, 0.29) is 0 Å². The SMILES string of the molecule is CCc1cc(N2CC3CCC2C3)n2ncnc2n1. The van der Waals surface area contributed by atoms with Crippen LogP contribution in [0.1, 0.15) is 31.9 Å². The minimum absolute atomic E-state index is 0.703. The molecule has 2 unspecified atom stereocenters. The van der Waals surface area contributed by atoms with Crippen molar-refractivity contribution in [1.29, 1.82) is 0 Å². The van der Waals surface area contributed by atoms with E-state index in [1.54, 1.807) is 6.33 Å². The quantitative estimate of drug-likeness (QED) is 0.805. The molecule has 2 fully saturated rings. The molecule has 2 bridgehead atoms. The lowest BCUT2D eigenvalue weighted by Gasteiger charge is -2.29. The van der Waals surface area contributed by atoms with E-state index in [0.717, 1.165) is 23.8 Å². The Morgan fingerprint density at radius 3 is 3.06 bits per heavy atom. The molecular formula is C13H17N5. The Morgan fingerprint density at radius 1 is 1.39 bits per heavy atom. The van der Waals surface area contributed by atoms with Crippen LogP contribution in [0.5, 0.6) is 0 Å². The Balaban J connectivity index is 1.85. The summed E-state index contributed by atoms with van der Waals surface area (Å²) in [6.45, 7) is 3.31. The zero-order valence-corrected chi connectivity index (χ0v) is 10.6. The van der Waals surface area contributed by atoms with Crippen molar-refractivity contribution in [2.45, 2.75) is 38.6 Å². The normalized spacial score (nSPS) is 26.4. The first kappa shape index (κ1) is 10.3. The standard InChI is InChI=1S/C13H17N5/c1-2-10-6-12(18-13(16-10)14-8-15-18)17-7-9-3-4-11(17)5-9/h6,8-9,11H,2-5,7H2,1H3. The third-order valence-corrected chi connectivity index (χ3v) is 4.35. The van der Waals surface area contributed by atoms with Crippen molar-refractivity contribution in [2.24, 2.45) is 5.92 Å². The van der Waals surface area contributed by atoms with Crippen molar-refractivity contribution >= 4 is 11.6 Å².